The van der Waals surface area contributed by atoms with Crippen molar-refractivity contribution in [1.82, 2.24) is 9.97 Å². The van der Waals surface area contributed by atoms with Gasteiger partial charge >= 0.3 is 0 Å². The van der Waals surface area contributed by atoms with Crippen LogP contribution in [0.3, 0.4) is 0 Å². The number of nitrogens with zero attached hydrogens (tertiary/aromatic N) is 2. The van der Waals surface area contributed by atoms with Gasteiger partial charge in [0.25, 0.3) is 0 Å². The fraction of sp³-hybridized carbons (Fsp3) is 0.714. The van der Waals surface area contributed by atoms with Crippen LogP contribution in [0.1, 0.15) is 39.2 Å². The van der Waals surface area contributed by atoms with E-state index in [4.69, 9.17) is 4.74 Å². The van der Waals surface area contributed by atoms with E-state index in [-0.39, 0.29) is 0 Å². The molecule has 1 aliphatic rings. The van der Waals surface area contributed by atoms with Crippen LogP contribution in [0.15, 0.2) is 6.33 Å². The molecule has 0 aliphatic heterocycles. The Kier molecular flexibility index (Phi) is 4.04. The topological polar surface area (TPSA) is 47.0 Å². The molecular formula is C14H23N3O. The second-order valence-corrected chi connectivity index (χ2v) is 5.25. The van der Waals surface area contributed by atoms with E-state index in [1.165, 1.54) is 12.8 Å². The van der Waals surface area contributed by atoms with Gasteiger partial charge < -0.3 is 10.1 Å². The molecule has 1 N–H and O–H groups in total. The predicted molar refractivity (Wildman–Crippen MR) is 72.9 cm³/mol. The molecule has 100 valence electrons. The van der Waals surface area contributed by atoms with Gasteiger partial charge in [0.1, 0.15) is 12.1 Å². The second kappa shape index (κ2) is 5.55. The molecule has 0 amide bonds. The molecule has 4 nitrogen and oxygen atoms in total. The van der Waals surface area contributed by atoms with E-state index < -0.39 is 0 Å². The third-order valence-electron chi connectivity index (χ3n) is 4.11. The summed E-state index contributed by atoms with van der Waals surface area (Å²) in [6.45, 7) is 9.25. The lowest BCUT2D eigenvalue weighted by atomic mass is 9.98. The largest absolute Gasteiger partial charge is 0.478 e. The van der Waals surface area contributed by atoms with E-state index in [0.29, 0.717) is 24.4 Å². The average molecular weight is 249 g/mol. The smallest absolute Gasteiger partial charge is 0.221 e. The van der Waals surface area contributed by atoms with Gasteiger partial charge in [-0.3, -0.25) is 0 Å². The summed E-state index contributed by atoms with van der Waals surface area (Å²) in [5.41, 5.74) is 1.01. The molecule has 3 unspecified atom stereocenters. The normalized spacial score (nSPS) is 27.2. The molecular weight excluding hydrogens is 226 g/mol. The van der Waals surface area contributed by atoms with Crippen molar-refractivity contribution in [2.45, 2.75) is 46.6 Å². The molecule has 1 fully saturated rings. The number of hydrogen-bond donors (Lipinski definition) is 1. The van der Waals surface area contributed by atoms with Crippen LogP contribution < -0.4 is 10.1 Å². The summed E-state index contributed by atoms with van der Waals surface area (Å²) in [5.74, 6) is 3.08. The van der Waals surface area contributed by atoms with Gasteiger partial charge in [0.15, 0.2) is 0 Å². The fourth-order valence-corrected chi connectivity index (χ4v) is 2.61. The molecule has 3 atom stereocenters. The van der Waals surface area contributed by atoms with Crippen molar-refractivity contribution in [3.8, 4) is 5.88 Å². The van der Waals surface area contributed by atoms with Gasteiger partial charge in [-0.05, 0) is 38.5 Å². The van der Waals surface area contributed by atoms with Crippen molar-refractivity contribution in [3.05, 3.63) is 11.9 Å². The highest BCUT2D eigenvalue weighted by atomic mass is 16.5. The highest BCUT2D eigenvalue weighted by molar-refractivity contribution is 5.48. The van der Waals surface area contributed by atoms with E-state index in [1.807, 2.05) is 13.8 Å². The van der Waals surface area contributed by atoms with Gasteiger partial charge in [-0.15, -0.1) is 0 Å². The minimum Gasteiger partial charge on any atom is -0.478 e. The zero-order valence-electron chi connectivity index (χ0n) is 11.7. The van der Waals surface area contributed by atoms with Crippen LogP contribution in [0, 0.1) is 18.8 Å². The van der Waals surface area contributed by atoms with Crippen LogP contribution in [0.2, 0.25) is 0 Å². The molecule has 1 heterocycles. The van der Waals surface area contributed by atoms with Gasteiger partial charge in [0.05, 0.1) is 12.2 Å². The molecule has 0 saturated heterocycles. The molecule has 1 aliphatic carbocycles. The molecule has 0 bridgehead atoms. The molecule has 1 aromatic heterocycles. The van der Waals surface area contributed by atoms with Crippen molar-refractivity contribution >= 4 is 5.82 Å². The Hall–Kier alpha value is -1.32. The quantitative estimate of drug-likeness (QED) is 0.891. The standard InChI is InChI=1S/C14H23N3O/c1-5-18-14-11(4)13(15-8-16-14)17-12-7-6-9(2)10(12)3/h8-10,12H,5-7H2,1-4H3,(H,15,16,17). The number of rotatable bonds is 4. The summed E-state index contributed by atoms with van der Waals surface area (Å²) in [7, 11) is 0. The predicted octanol–water partition coefficient (Wildman–Crippen LogP) is 3.03. The van der Waals surface area contributed by atoms with E-state index in [9.17, 15) is 0 Å². The Labute approximate surface area is 109 Å². The van der Waals surface area contributed by atoms with Crippen LogP contribution in [0.5, 0.6) is 5.88 Å². The first-order chi connectivity index (χ1) is 8.63. The first-order valence-electron chi connectivity index (χ1n) is 6.84. The first kappa shape index (κ1) is 13.1. The highest BCUT2D eigenvalue weighted by Gasteiger charge is 2.30. The Morgan fingerprint density at radius 1 is 1.33 bits per heavy atom. The maximum atomic E-state index is 5.50. The summed E-state index contributed by atoms with van der Waals surface area (Å²) in [6, 6.07) is 0.517. The second-order valence-electron chi connectivity index (χ2n) is 5.25. The van der Waals surface area contributed by atoms with Crippen LogP contribution in [0.25, 0.3) is 0 Å². The summed E-state index contributed by atoms with van der Waals surface area (Å²) in [6.07, 6.45) is 4.08. The van der Waals surface area contributed by atoms with Crippen LogP contribution >= 0.6 is 0 Å². The van der Waals surface area contributed by atoms with E-state index >= 15 is 0 Å². The molecule has 0 aromatic carbocycles. The van der Waals surface area contributed by atoms with E-state index in [2.05, 4.69) is 29.1 Å². The maximum Gasteiger partial charge on any atom is 0.221 e. The van der Waals surface area contributed by atoms with Crippen molar-refractivity contribution < 1.29 is 4.74 Å². The monoisotopic (exact) mass is 249 g/mol. The van der Waals surface area contributed by atoms with Crippen molar-refractivity contribution in [2.75, 3.05) is 11.9 Å². The summed E-state index contributed by atoms with van der Waals surface area (Å²) in [4.78, 5) is 8.51. The van der Waals surface area contributed by atoms with Gasteiger partial charge in [0, 0.05) is 6.04 Å². The third-order valence-corrected chi connectivity index (χ3v) is 4.11. The molecule has 1 aromatic rings. The Morgan fingerprint density at radius 2 is 2.11 bits per heavy atom. The molecule has 0 radical (unpaired) electrons. The van der Waals surface area contributed by atoms with Crippen molar-refractivity contribution in [2.24, 2.45) is 11.8 Å². The fourth-order valence-electron chi connectivity index (χ4n) is 2.61. The molecule has 2 rings (SSSR count). The summed E-state index contributed by atoms with van der Waals surface area (Å²) >= 11 is 0. The SMILES string of the molecule is CCOc1ncnc(NC2CCC(C)C2C)c1C. The number of anilines is 1. The maximum absolute atomic E-state index is 5.50. The minimum absolute atomic E-state index is 0.517. The lowest BCUT2D eigenvalue weighted by Crippen LogP contribution is -2.25. The first-order valence-corrected chi connectivity index (χ1v) is 6.84. The average Bonchev–Trinajstić information content (AvgIpc) is 2.66. The minimum atomic E-state index is 0.517. The van der Waals surface area contributed by atoms with E-state index in [0.717, 1.165) is 17.3 Å². The number of hydrogen-bond acceptors (Lipinski definition) is 4. The lowest BCUT2D eigenvalue weighted by molar-refractivity contribution is 0.323. The molecule has 4 heteroatoms. The van der Waals surface area contributed by atoms with Crippen molar-refractivity contribution in [3.63, 3.8) is 0 Å². The zero-order valence-corrected chi connectivity index (χ0v) is 11.7. The molecule has 1 saturated carbocycles. The number of aromatic nitrogens is 2. The Bertz CT molecular complexity index is 408. The van der Waals surface area contributed by atoms with Crippen LogP contribution in [-0.2, 0) is 0 Å². The van der Waals surface area contributed by atoms with Gasteiger partial charge in [-0.1, -0.05) is 13.8 Å². The summed E-state index contributed by atoms with van der Waals surface area (Å²) < 4.78 is 5.50. The number of nitrogens with one attached hydrogen (secondary N) is 1. The van der Waals surface area contributed by atoms with E-state index in [1.54, 1.807) is 6.33 Å². The van der Waals surface area contributed by atoms with Gasteiger partial charge in [0.2, 0.25) is 5.88 Å². The molecule has 0 spiro atoms. The molecule has 18 heavy (non-hydrogen) atoms. The third kappa shape index (κ3) is 2.57. The van der Waals surface area contributed by atoms with Gasteiger partial charge in [-0.2, -0.15) is 0 Å². The highest BCUT2D eigenvalue weighted by Crippen LogP contribution is 2.34. The summed E-state index contributed by atoms with van der Waals surface area (Å²) in [5, 5.41) is 3.56. The van der Waals surface area contributed by atoms with Gasteiger partial charge in [-0.25, -0.2) is 9.97 Å². The zero-order chi connectivity index (χ0) is 13.1. The van der Waals surface area contributed by atoms with Crippen LogP contribution in [-0.4, -0.2) is 22.6 Å². The van der Waals surface area contributed by atoms with Crippen LogP contribution in [0.4, 0.5) is 5.82 Å². The lowest BCUT2D eigenvalue weighted by Gasteiger charge is -2.21. The van der Waals surface area contributed by atoms with Crippen molar-refractivity contribution in [1.29, 1.82) is 0 Å². The number of ether oxygens (including phenoxy) is 1. The Morgan fingerprint density at radius 3 is 2.72 bits per heavy atom. The Balaban J connectivity index is 2.12.